The minimum atomic E-state index is 0.796. The van der Waals surface area contributed by atoms with Crippen LogP contribution in [-0.4, -0.2) is 0 Å². The van der Waals surface area contributed by atoms with Crippen LogP contribution in [0, 0.1) is 23.2 Å². The minimum absolute atomic E-state index is 0.796. The lowest BCUT2D eigenvalue weighted by atomic mass is 9.78. The molecule has 3 saturated carbocycles. The second-order valence-corrected chi connectivity index (χ2v) is 5.77. The quantitative estimate of drug-likeness (QED) is 0.493. The van der Waals surface area contributed by atoms with E-state index in [2.05, 4.69) is 6.08 Å². The van der Waals surface area contributed by atoms with Crippen molar-refractivity contribution in [2.75, 3.05) is 0 Å². The lowest BCUT2D eigenvalue weighted by molar-refractivity contribution is 0.287. The molecular weight excluding hydrogens is 156 g/mol. The Bertz CT molecular complexity index is 288. The third-order valence-electron chi connectivity index (χ3n) is 5.36. The summed E-state index contributed by atoms with van der Waals surface area (Å²) in [5.74, 6) is 3.31. The molecule has 0 aromatic heterocycles. The van der Waals surface area contributed by atoms with Crippen molar-refractivity contribution in [1.29, 1.82) is 0 Å². The van der Waals surface area contributed by atoms with E-state index in [1.54, 1.807) is 19.3 Å². The number of rotatable bonds is 0. The number of fused-ring (bicyclic) bond motifs is 2. The van der Waals surface area contributed by atoms with Gasteiger partial charge in [-0.2, -0.15) is 0 Å². The van der Waals surface area contributed by atoms with Gasteiger partial charge >= 0.3 is 0 Å². The van der Waals surface area contributed by atoms with Crippen LogP contribution >= 0.6 is 0 Å². The predicted molar refractivity (Wildman–Crippen MR) is 53.3 cm³/mol. The first-order valence-electron chi connectivity index (χ1n) is 6.12. The Morgan fingerprint density at radius 2 is 2.15 bits per heavy atom. The number of hydrogen-bond donors (Lipinski definition) is 0. The number of allylic oxidation sites excluding steroid dienone is 2. The fraction of sp³-hybridized carbons (Fsp3) is 0.846. The first kappa shape index (κ1) is 7.09. The van der Waals surface area contributed by atoms with Crippen molar-refractivity contribution in [2.45, 2.75) is 44.9 Å². The van der Waals surface area contributed by atoms with Crippen molar-refractivity contribution in [3.63, 3.8) is 0 Å². The zero-order valence-corrected chi connectivity index (χ0v) is 8.26. The van der Waals surface area contributed by atoms with Crippen LogP contribution in [0.15, 0.2) is 11.6 Å². The molecule has 4 aliphatic carbocycles. The molecule has 0 aliphatic heterocycles. The van der Waals surface area contributed by atoms with E-state index < -0.39 is 0 Å². The summed E-state index contributed by atoms with van der Waals surface area (Å²) >= 11 is 0. The van der Waals surface area contributed by atoms with Gasteiger partial charge in [-0.15, -0.1) is 0 Å². The lowest BCUT2D eigenvalue weighted by Gasteiger charge is -2.27. The molecule has 0 aromatic carbocycles. The van der Waals surface area contributed by atoms with E-state index in [4.69, 9.17) is 0 Å². The highest BCUT2D eigenvalue weighted by molar-refractivity contribution is 5.34. The molecule has 1 unspecified atom stereocenters. The van der Waals surface area contributed by atoms with Gasteiger partial charge in [0.25, 0.3) is 0 Å². The van der Waals surface area contributed by atoms with E-state index in [9.17, 15) is 0 Å². The van der Waals surface area contributed by atoms with Crippen LogP contribution in [0.25, 0.3) is 0 Å². The summed E-state index contributed by atoms with van der Waals surface area (Å²) in [6.45, 7) is 0. The normalized spacial score (nSPS) is 56.6. The van der Waals surface area contributed by atoms with Crippen molar-refractivity contribution >= 4 is 0 Å². The van der Waals surface area contributed by atoms with E-state index in [0.29, 0.717) is 0 Å². The highest BCUT2D eigenvalue weighted by atomic mass is 14.7. The van der Waals surface area contributed by atoms with Gasteiger partial charge in [-0.1, -0.05) is 18.1 Å². The van der Waals surface area contributed by atoms with E-state index in [1.165, 1.54) is 25.7 Å². The highest BCUT2D eigenvalue weighted by Crippen LogP contribution is 2.74. The van der Waals surface area contributed by atoms with Gasteiger partial charge in [0.15, 0.2) is 0 Å². The molecule has 70 valence electrons. The molecule has 4 aliphatic rings. The maximum absolute atomic E-state index is 2.75. The molecular formula is C13H18. The Balaban J connectivity index is 1.77. The molecule has 0 N–H and O–H groups in total. The van der Waals surface area contributed by atoms with Gasteiger partial charge in [0.2, 0.25) is 0 Å². The van der Waals surface area contributed by atoms with Crippen LogP contribution in [0.3, 0.4) is 0 Å². The maximum atomic E-state index is 2.75. The summed E-state index contributed by atoms with van der Waals surface area (Å²) in [5, 5.41) is 0. The van der Waals surface area contributed by atoms with Gasteiger partial charge in [0.05, 0.1) is 0 Å². The van der Waals surface area contributed by atoms with E-state index >= 15 is 0 Å². The molecule has 4 rings (SSSR count). The summed E-state index contributed by atoms with van der Waals surface area (Å²) in [5.41, 5.74) is 2.68. The van der Waals surface area contributed by atoms with Crippen molar-refractivity contribution in [3.05, 3.63) is 11.6 Å². The smallest absolute Gasteiger partial charge is 0.00500 e. The zero-order valence-electron chi connectivity index (χ0n) is 8.26. The molecule has 0 heterocycles. The third-order valence-corrected chi connectivity index (χ3v) is 5.36. The summed E-state index contributed by atoms with van der Waals surface area (Å²) in [7, 11) is 0. The van der Waals surface area contributed by atoms with Gasteiger partial charge < -0.3 is 0 Å². The van der Waals surface area contributed by atoms with Crippen molar-refractivity contribution < 1.29 is 0 Å². The van der Waals surface area contributed by atoms with Crippen molar-refractivity contribution in [2.24, 2.45) is 23.2 Å². The first-order valence-corrected chi connectivity index (χ1v) is 6.12. The van der Waals surface area contributed by atoms with Crippen LogP contribution < -0.4 is 0 Å². The van der Waals surface area contributed by atoms with Crippen LogP contribution in [0.2, 0.25) is 0 Å². The second-order valence-electron chi connectivity index (χ2n) is 5.77. The Hall–Kier alpha value is -0.260. The molecule has 0 radical (unpaired) electrons. The fourth-order valence-electron chi connectivity index (χ4n) is 4.75. The fourth-order valence-corrected chi connectivity index (χ4v) is 4.75. The standard InChI is InChI=1S/C13H18/c1-2-4-11-9(3-1)7-13-8-10(13)5-6-12(11)13/h7,10-12H,1-6,8H2/t10-,11+,12-,13?/m1/s1. The topological polar surface area (TPSA) is 0 Å². The molecule has 4 atom stereocenters. The summed E-state index contributed by atoms with van der Waals surface area (Å²) in [6, 6.07) is 0. The van der Waals surface area contributed by atoms with Gasteiger partial charge in [0, 0.05) is 0 Å². The summed E-state index contributed by atoms with van der Waals surface area (Å²) < 4.78 is 0. The zero-order chi connectivity index (χ0) is 8.47. The monoisotopic (exact) mass is 174 g/mol. The average molecular weight is 174 g/mol. The predicted octanol–water partition coefficient (Wildman–Crippen LogP) is 3.53. The van der Waals surface area contributed by atoms with Gasteiger partial charge in [0.1, 0.15) is 0 Å². The van der Waals surface area contributed by atoms with Crippen LogP contribution in [0.5, 0.6) is 0 Å². The number of hydrogen-bond acceptors (Lipinski definition) is 0. The lowest BCUT2D eigenvalue weighted by Crippen LogP contribution is -2.18. The Labute approximate surface area is 80.4 Å². The molecule has 0 heteroatoms. The molecule has 0 aromatic rings. The van der Waals surface area contributed by atoms with Crippen molar-refractivity contribution in [3.8, 4) is 0 Å². The van der Waals surface area contributed by atoms with E-state index in [-0.39, 0.29) is 0 Å². The minimum Gasteiger partial charge on any atom is -0.0782 e. The maximum Gasteiger partial charge on any atom is -0.00500 e. The summed E-state index contributed by atoms with van der Waals surface area (Å²) in [6.07, 6.45) is 13.4. The largest absolute Gasteiger partial charge is 0.0782 e. The molecule has 0 amide bonds. The Morgan fingerprint density at radius 1 is 1.15 bits per heavy atom. The highest BCUT2D eigenvalue weighted by Gasteiger charge is 2.65. The molecule has 3 fully saturated rings. The molecule has 0 bridgehead atoms. The van der Waals surface area contributed by atoms with Crippen LogP contribution in [-0.2, 0) is 0 Å². The Kier molecular flexibility index (Phi) is 1.11. The van der Waals surface area contributed by atoms with Gasteiger partial charge in [-0.25, -0.2) is 0 Å². The van der Waals surface area contributed by atoms with Gasteiger partial charge in [-0.3, -0.25) is 0 Å². The SMILES string of the molecule is C1=C2CCCC[C@@H]2[C@H]2CC[C@@H]3CC132. The second kappa shape index (κ2) is 2.04. The summed E-state index contributed by atoms with van der Waals surface area (Å²) in [4.78, 5) is 0. The molecule has 13 heavy (non-hydrogen) atoms. The Morgan fingerprint density at radius 3 is 3.08 bits per heavy atom. The van der Waals surface area contributed by atoms with Crippen LogP contribution in [0.1, 0.15) is 44.9 Å². The molecule has 0 saturated heterocycles. The molecule has 1 spiro atoms. The average Bonchev–Trinajstić information content (AvgIpc) is 2.60. The van der Waals surface area contributed by atoms with E-state index in [1.807, 2.05) is 5.57 Å². The van der Waals surface area contributed by atoms with Crippen molar-refractivity contribution in [1.82, 2.24) is 0 Å². The third kappa shape index (κ3) is 0.705. The van der Waals surface area contributed by atoms with E-state index in [0.717, 1.165) is 23.2 Å². The van der Waals surface area contributed by atoms with Gasteiger partial charge in [-0.05, 0) is 61.7 Å². The van der Waals surface area contributed by atoms with Crippen LogP contribution in [0.4, 0.5) is 0 Å². The first-order chi connectivity index (χ1) is 6.40. The molecule has 0 nitrogen and oxygen atoms in total.